The third-order valence-electron chi connectivity index (χ3n) is 3.75. The predicted molar refractivity (Wildman–Crippen MR) is 79.7 cm³/mol. The predicted octanol–water partition coefficient (Wildman–Crippen LogP) is 2.41. The summed E-state index contributed by atoms with van der Waals surface area (Å²) in [6.45, 7) is 2.78. The van der Waals surface area contributed by atoms with Gasteiger partial charge in [-0.1, -0.05) is 6.07 Å². The molecular weight excluding hydrogens is 254 g/mol. The van der Waals surface area contributed by atoms with E-state index >= 15 is 0 Å². The second kappa shape index (κ2) is 8.12. The molecule has 20 heavy (non-hydrogen) atoms. The number of benzene rings is 1. The number of rotatable bonds is 6. The highest BCUT2D eigenvalue weighted by atomic mass is 16.5. The fourth-order valence-corrected chi connectivity index (χ4v) is 2.56. The average Bonchev–Trinajstić information content (AvgIpc) is 2.76. The molecule has 1 aromatic rings. The van der Waals surface area contributed by atoms with Crippen LogP contribution in [0.5, 0.6) is 11.5 Å². The Morgan fingerprint density at radius 3 is 2.80 bits per heavy atom. The van der Waals surface area contributed by atoms with Crippen LogP contribution in [0.4, 0.5) is 0 Å². The first-order valence-electron chi connectivity index (χ1n) is 7.35. The standard InChI is InChI=1S/C16H25NO3/c1-18-15-6-5-13(12-16(15)19-2)7-9-17-14-4-3-10-20-11-8-14/h5-6,12,14,17H,3-4,7-11H2,1-2H3. The Bertz CT molecular complexity index is 401. The van der Waals surface area contributed by atoms with Gasteiger partial charge in [-0.25, -0.2) is 0 Å². The van der Waals surface area contributed by atoms with Crippen molar-refractivity contribution < 1.29 is 14.2 Å². The van der Waals surface area contributed by atoms with Crippen molar-refractivity contribution in [3.63, 3.8) is 0 Å². The zero-order chi connectivity index (χ0) is 14.2. The van der Waals surface area contributed by atoms with Gasteiger partial charge in [0.25, 0.3) is 0 Å². The molecule has 1 N–H and O–H groups in total. The lowest BCUT2D eigenvalue weighted by molar-refractivity contribution is 0.142. The zero-order valence-electron chi connectivity index (χ0n) is 12.5. The summed E-state index contributed by atoms with van der Waals surface area (Å²) in [4.78, 5) is 0. The molecule has 0 saturated carbocycles. The Balaban J connectivity index is 1.81. The quantitative estimate of drug-likeness (QED) is 0.868. The molecule has 0 amide bonds. The maximum absolute atomic E-state index is 5.47. The Kier molecular flexibility index (Phi) is 6.15. The fourth-order valence-electron chi connectivity index (χ4n) is 2.56. The van der Waals surface area contributed by atoms with Gasteiger partial charge < -0.3 is 19.5 Å². The number of nitrogens with one attached hydrogen (secondary N) is 1. The second-order valence-corrected chi connectivity index (χ2v) is 5.13. The van der Waals surface area contributed by atoms with E-state index in [9.17, 15) is 0 Å². The van der Waals surface area contributed by atoms with Gasteiger partial charge in [0.05, 0.1) is 14.2 Å². The first-order chi connectivity index (χ1) is 9.83. The molecule has 0 spiro atoms. The molecule has 0 radical (unpaired) electrons. The number of methoxy groups -OCH3 is 2. The molecule has 0 aliphatic carbocycles. The van der Waals surface area contributed by atoms with Crippen molar-refractivity contribution >= 4 is 0 Å². The summed E-state index contributed by atoms with van der Waals surface area (Å²) in [5.41, 5.74) is 1.26. The van der Waals surface area contributed by atoms with Crippen LogP contribution in [0.15, 0.2) is 18.2 Å². The van der Waals surface area contributed by atoms with Crippen LogP contribution in [-0.2, 0) is 11.2 Å². The molecular formula is C16H25NO3. The highest BCUT2D eigenvalue weighted by Crippen LogP contribution is 2.27. The SMILES string of the molecule is COc1ccc(CCNC2CCCOCC2)cc1OC. The van der Waals surface area contributed by atoms with Crippen LogP contribution in [0.1, 0.15) is 24.8 Å². The van der Waals surface area contributed by atoms with Gasteiger partial charge in [-0.2, -0.15) is 0 Å². The molecule has 1 fully saturated rings. The van der Waals surface area contributed by atoms with Crippen LogP contribution in [0.2, 0.25) is 0 Å². The van der Waals surface area contributed by atoms with Crippen LogP contribution in [-0.4, -0.2) is 40.0 Å². The molecule has 1 aliphatic heterocycles. The summed E-state index contributed by atoms with van der Waals surface area (Å²) in [5, 5.41) is 3.62. The Morgan fingerprint density at radius 1 is 1.15 bits per heavy atom. The minimum absolute atomic E-state index is 0.595. The summed E-state index contributed by atoms with van der Waals surface area (Å²) >= 11 is 0. The lowest BCUT2D eigenvalue weighted by Crippen LogP contribution is -2.31. The van der Waals surface area contributed by atoms with Crippen molar-refractivity contribution in [2.45, 2.75) is 31.7 Å². The Hall–Kier alpha value is -1.26. The van der Waals surface area contributed by atoms with E-state index in [1.165, 1.54) is 12.0 Å². The minimum Gasteiger partial charge on any atom is -0.493 e. The molecule has 0 bridgehead atoms. The van der Waals surface area contributed by atoms with E-state index in [2.05, 4.69) is 17.4 Å². The Morgan fingerprint density at radius 2 is 2.00 bits per heavy atom. The first kappa shape index (κ1) is 15.1. The van der Waals surface area contributed by atoms with Crippen molar-refractivity contribution in [1.29, 1.82) is 0 Å². The van der Waals surface area contributed by atoms with Gasteiger partial charge in [0.1, 0.15) is 0 Å². The van der Waals surface area contributed by atoms with Crippen LogP contribution < -0.4 is 14.8 Å². The van der Waals surface area contributed by atoms with E-state index in [0.717, 1.165) is 50.5 Å². The highest BCUT2D eigenvalue weighted by molar-refractivity contribution is 5.42. The maximum atomic E-state index is 5.47. The monoisotopic (exact) mass is 279 g/mol. The van der Waals surface area contributed by atoms with E-state index in [1.807, 2.05) is 6.07 Å². The van der Waals surface area contributed by atoms with Crippen molar-refractivity contribution in [3.05, 3.63) is 23.8 Å². The Labute approximate surface area is 121 Å². The van der Waals surface area contributed by atoms with E-state index < -0.39 is 0 Å². The molecule has 1 aromatic carbocycles. The van der Waals surface area contributed by atoms with Crippen molar-refractivity contribution in [1.82, 2.24) is 5.32 Å². The fraction of sp³-hybridized carbons (Fsp3) is 0.625. The molecule has 1 aliphatic rings. The summed E-state index contributed by atoms with van der Waals surface area (Å²) in [6, 6.07) is 6.71. The normalized spacial score (nSPS) is 19.4. The van der Waals surface area contributed by atoms with E-state index in [-0.39, 0.29) is 0 Å². The molecule has 1 heterocycles. The van der Waals surface area contributed by atoms with Gasteiger partial charge in [-0.3, -0.25) is 0 Å². The van der Waals surface area contributed by atoms with Crippen LogP contribution in [0.3, 0.4) is 0 Å². The van der Waals surface area contributed by atoms with E-state index in [4.69, 9.17) is 14.2 Å². The number of hydrogen-bond acceptors (Lipinski definition) is 4. The zero-order valence-corrected chi connectivity index (χ0v) is 12.5. The summed E-state index contributed by atoms with van der Waals surface area (Å²) in [6.07, 6.45) is 4.49. The molecule has 1 atom stereocenters. The number of ether oxygens (including phenoxy) is 3. The maximum Gasteiger partial charge on any atom is 0.160 e. The average molecular weight is 279 g/mol. The van der Waals surface area contributed by atoms with Gasteiger partial charge in [-0.15, -0.1) is 0 Å². The van der Waals surface area contributed by atoms with Crippen molar-refractivity contribution in [2.75, 3.05) is 34.0 Å². The molecule has 4 heteroatoms. The van der Waals surface area contributed by atoms with Crippen LogP contribution >= 0.6 is 0 Å². The summed E-state index contributed by atoms with van der Waals surface area (Å²) in [7, 11) is 3.33. The van der Waals surface area contributed by atoms with Crippen molar-refractivity contribution in [2.24, 2.45) is 0 Å². The molecule has 112 valence electrons. The topological polar surface area (TPSA) is 39.7 Å². The van der Waals surface area contributed by atoms with E-state index in [1.54, 1.807) is 14.2 Å². The molecule has 1 saturated heterocycles. The van der Waals surface area contributed by atoms with Gasteiger partial charge in [-0.05, 0) is 49.9 Å². The second-order valence-electron chi connectivity index (χ2n) is 5.13. The third kappa shape index (κ3) is 4.39. The molecule has 2 rings (SSSR count). The van der Waals surface area contributed by atoms with Crippen molar-refractivity contribution in [3.8, 4) is 11.5 Å². The lowest BCUT2D eigenvalue weighted by atomic mass is 10.1. The van der Waals surface area contributed by atoms with Gasteiger partial charge in [0, 0.05) is 19.3 Å². The molecule has 0 aromatic heterocycles. The molecule has 4 nitrogen and oxygen atoms in total. The van der Waals surface area contributed by atoms with Crippen LogP contribution in [0, 0.1) is 0 Å². The van der Waals surface area contributed by atoms with Crippen LogP contribution in [0.25, 0.3) is 0 Å². The van der Waals surface area contributed by atoms with Gasteiger partial charge in [0.2, 0.25) is 0 Å². The van der Waals surface area contributed by atoms with E-state index in [0.29, 0.717) is 6.04 Å². The first-order valence-corrected chi connectivity index (χ1v) is 7.35. The highest BCUT2D eigenvalue weighted by Gasteiger charge is 2.11. The smallest absolute Gasteiger partial charge is 0.160 e. The minimum atomic E-state index is 0.595. The third-order valence-corrected chi connectivity index (χ3v) is 3.75. The summed E-state index contributed by atoms with van der Waals surface area (Å²) < 4.78 is 16.1. The van der Waals surface area contributed by atoms with Gasteiger partial charge >= 0.3 is 0 Å². The largest absolute Gasteiger partial charge is 0.493 e. The number of hydrogen-bond donors (Lipinski definition) is 1. The lowest BCUT2D eigenvalue weighted by Gasteiger charge is -2.16. The molecule has 1 unspecified atom stereocenters. The van der Waals surface area contributed by atoms with Gasteiger partial charge in [0.15, 0.2) is 11.5 Å². The summed E-state index contributed by atoms with van der Waals surface area (Å²) in [5.74, 6) is 1.58.